The molecule has 0 saturated carbocycles. The SMILES string of the molecule is CC(C)N1C[C@@H]2Oc3ncccc3S(=O)(=O)N[C@@H]2C1. The van der Waals surface area contributed by atoms with Crippen LogP contribution in [0.2, 0.25) is 0 Å². The van der Waals surface area contributed by atoms with Crippen LogP contribution in [-0.2, 0) is 10.0 Å². The Morgan fingerprint density at radius 3 is 3.00 bits per heavy atom. The van der Waals surface area contributed by atoms with Crippen molar-refractivity contribution >= 4 is 10.0 Å². The Labute approximate surface area is 112 Å². The monoisotopic (exact) mass is 283 g/mol. The molecule has 0 radical (unpaired) electrons. The van der Waals surface area contributed by atoms with Gasteiger partial charge in [0.2, 0.25) is 15.9 Å². The fourth-order valence-corrected chi connectivity index (χ4v) is 3.87. The molecule has 1 aromatic heterocycles. The Balaban J connectivity index is 1.97. The fraction of sp³-hybridized carbons (Fsp3) is 0.583. The number of sulfonamides is 1. The summed E-state index contributed by atoms with van der Waals surface area (Å²) >= 11 is 0. The van der Waals surface area contributed by atoms with E-state index in [9.17, 15) is 8.42 Å². The van der Waals surface area contributed by atoms with Crippen LogP contribution < -0.4 is 9.46 Å². The summed E-state index contributed by atoms with van der Waals surface area (Å²) in [5.74, 6) is 0.202. The summed E-state index contributed by atoms with van der Waals surface area (Å²) in [6, 6.07) is 3.26. The highest BCUT2D eigenvalue weighted by Gasteiger charge is 2.42. The van der Waals surface area contributed by atoms with Gasteiger partial charge in [0, 0.05) is 25.3 Å². The van der Waals surface area contributed by atoms with E-state index >= 15 is 0 Å². The minimum Gasteiger partial charge on any atom is -0.470 e. The van der Waals surface area contributed by atoms with Crippen molar-refractivity contribution in [3.05, 3.63) is 18.3 Å². The molecule has 0 unspecified atom stereocenters. The molecule has 0 spiro atoms. The van der Waals surface area contributed by atoms with Crippen LogP contribution in [0.25, 0.3) is 0 Å². The van der Waals surface area contributed by atoms with Crippen molar-refractivity contribution in [2.24, 2.45) is 0 Å². The van der Waals surface area contributed by atoms with Crippen molar-refractivity contribution in [1.82, 2.24) is 14.6 Å². The molecule has 1 fully saturated rings. The summed E-state index contributed by atoms with van der Waals surface area (Å²) in [4.78, 5) is 6.37. The van der Waals surface area contributed by atoms with Crippen LogP contribution in [0.4, 0.5) is 0 Å². The third kappa shape index (κ3) is 2.22. The van der Waals surface area contributed by atoms with Gasteiger partial charge in [-0.25, -0.2) is 18.1 Å². The minimum absolute atomic E-state index is 0.125. The maximum atomic E-state index is 12.3. The van der Waals surface area contributed by atoms with E-state index in [1.54, 1.807) is 12.3 Å². The lowest BCUT2D eigenvalue weighted by atomic mass is 10.2. The number of likely N-dealkylation sites (tertiary alicyclic amines) is 1. The van der Waals surface area contributed by atoms with Crippen LogP contribution in [0.15, 0.2) is 23.2 Å². The van der Waals surface area contributed by atoms with Gasteiger partial charge in [-0.2, -0.15) is 0 Å². The van der Waals surface area contributed by atoms with E-state index < -0.39 is 10.0 Å². The Bertz CT molecular complexity index is 588. The van der Waals surface area contributed by atoms with E-state index in [4.69, 9.17) is 4.74 Å². The molecule has 7 heteroatoms. The van der Waals surface area contributed by atoms with E-state index in [1.165, 1.54) is 6.07 Å². The summed E-state index contributed by atoms with van der Waals surface area (Å²) < 4.78 is 33.1. The molecular formula is C12H17N3O3S. The number of fused-ring (bicyclic) bond motifs is 2. The van der Waals surface area contributed by atoms with E-state index in [0.29, 0.717) is 19.1 Å². The summed E-state index contributed by atoms with van der Waals surface area (Å²) in [6.45, 7) is 5.55. The summed E-state index contributed by atoms with van der Waals surface area (Å²) in [7, 11) is -3.55. The van der Waals surface area contributed by atoms with Gasteiger partial charge in [-0.3, -0.25) is 4.90 Å². The standard InChI is InChI=1S/C12H17N3O3S/c1-8(2)15-6-9-10(7-15)18-12-11(4-3-5-13-12)19(16,17)14-9/h3-5,8-10,14H,6-7H2,1-2H3/t9-,10+/m1/s1. The normalized spacial score (nSPS) is 29.4. The molecule has 19 heavy (non-hydrogen) atoms. The molecule has 2 aliphatic rings. The second kappa shape index (κ2) is 4.43. The first-order valence-electron chi connectivity index (χ1n) is 6.35. The zero-order valence-corrected chi connectivity index (χ0v) is 11.7. The first kappa shape index (κ1) is 12.8. The topological polar surface area (TPSA) is 71.5 Å². The lowest BCUT2D eigenvalue weighted by molar-refractivity contribution is 0.170. The summed E-state index contributed by atoms with van der Waals surface area (Å²) in [6.07, 6.45) is 1.36. The highest BCUT2D eigenvalue weighted by atomic mass is 32.2. The van der Waals surface area contributed by atoms with E-state index in [2.05, 4.69) is 28.5 Å². The maximum absolute atomic E-state index is 12.3. The van der Waals surface area contributed by atoms with Gasteiger partial charge in [0.1, 0.15) is 11.0 Å². The molecule has 3 rings (SSSR count). The largest absolute Gasteiger partial charge is 0.470 e. The van der Waals surface area contributed by atoms with Gasteiger partial charge in [-0.15, -0.1) is 0 Å². The molecular weight excluding hydrogens is 266 g/mol. The Morgan fingerprint density at radius 2 is 2.26 bits per heavy atom. The fourth-order valence-electron chi connectivity index (χ4n) is 2.53. The molecule has 0 amide bonds. The van der Waals surface area contributed by atoms with Crippen LogP contribution in [0.1, 0.15) is 13.8 Å². The zero-order chi connectivity index (χ0) is 13.6. The van der Waals surface area contributed by atoms with Gasteiger partial charge < -0.3 is 4.74 Å². The zero-order valence-electron chi connectivity index (χ0n) is 10.9. The van der Waals surface area contributed by atoms with Crippen molar-refractivity contribution in [2.75, 3.05) is 13.1 Å². The molecule has 3 heterocycles. The molecule has 0 aliphatic carbocycles. The molecule has 2 atom stereocenters. The quantitative estimate of drug-likeness (QED) is 0.798. The third-order valence-electron chi connectivity index (χ3n) is 3.62. The summed E-state index contributed by atoms with van der Waals surface area (Å²) in [5, 5.41) is 0. The van der Waals surface area contributed by atoms with Crippen molar-refractivity contribution in [3.63, 3.8) is 0 Å². The number of rotatable bonds is 1. The van der Waals surface area contributed by atoms with Crippen LogP contribution in [-0.4, -0.2) is 49.6 Å². The van der Waals surface area contributed by atoms with Gasteiger partial charge in [-0.05, 0) is 26.0 Å². The second-order valence-electron chi connectivity index (χ2n) is 5.24. The molecule has 0 aromatic carbocycles. The van der Waals surface area contributed by atoms with Gasteiger partial charge in [0.05, 0.1) is 6.04 Å². The summed E-state index contributed by atoms with van der Waals surface area (Å²) in [5.41, 5.74) is 0. The first-order valence-corrected chi connectivity index (χ1v) is 7.84. The molecule has 1 N–H and O–H groups in total. The van der Waals surface area contributed by atoms with Crippen molar-refractivity contribution in [3.8, 4) is 5.88 Å². The number of nitrogens with one attached hydrogen (secondary N) is 1. The van der Waals surface area contributed by atoms with E-state index in [1.807, 2.05) is 0 Å². The van der Waals surface area contributed by atoms with Crippen LogP contribution >= 0.6 is 0 Å². The number of ether oxygens (including phenoxy) is 1. The van der Waals surface area contributed by atoms with Gasteiger partial charge in [0.25, 0.3) is 0 Å². The lowest BCUT2D eigenvalue weighted by Gasteiger charge is -2.20. The first-order chi connectivity index (χ1) is 8.97. The molecule has 104 valence electrons. The molecule has 1 saturated heterocycles. The predicted octanol–water partition coefficient (Wildman–Crippen LogP) is 0.214. The van der Waals surface area contributed by atoms with Gasteiger partial charge in [-0.1, -0.05) is 0 Å². The van der Waals surface area contributed by atoms with Crippen molar-refractivity contribution in [2.45, 2.75) is 36.9 Å². The smallest absolute Gasteiger partial charge is 0.246 e. The number of hydrogen-bond acceptors (Lipinski definition) is 5. The number of pyridine rings is 1. The Hall–Kier alpha value is -1.18. The highest BCUT2D eigenvalue weighted by molar-refractivity contribution is 7.89. The minimum atomic E-state index is -3.55. The third-order valence-corrected chi connectivity index (χ3v) is 5.12. The lowest BCUT2D eigenvalue weighted by Crippen LogP contribution is -2.42. The molecule has 1 aromatic rings. The van der Waals surface area contributed by atoms with Gasteiger partial charge in [0.15, 0.2) is 0 Å². The second-order valence-corrected chi connectivity index (χ2v) is 6.92. The number of aromatic nitrogens is 1. The van der Waals surface area contributed by atoms with Crippen LogP contribution in [0, 0.1) is 0 Å². The van der Waals surface area contributed by atoms with E-state index in [-0.39, 0.29) is 22.9 Å². The average molecular weight is 283 g/mol. The molecule has 2 aliphatic heterocycles. The average Bonchev–Trinajstić information content (AvgIpc) is 2.68. The van der Waals surface area contributed by atoms with Crippen molar-refractivity contribution in [1.29, 1.82) is 0 Å². The van der Waals surface area contributed by atoms with Crippen LogP contribution in [0.5, 0.6) is 5.88 Å². The number of nitrogens with zero attached hydrogens (tertiary/aromatic N) is 2. The van der Waals surface area contributed by atoms with Gasteiger partial charge >= 0.3 is 0 Å². The Morgan fingerprint density at radius 1 is 1.47 bits per heavy atom. The van der Waals surface area contributed by atoms with Crippen LogP contribution in [0.3, 0.4) is 0 Å². The Kier molecular flexibility index (Phi) is 2.99. The van der Waals surface area contributed by atoms with Crippen molar-refractivity contribution < 1.29 is 13.2 Å². The predicted molar refractivity (Wildman–Crippen MR) is 69.5 cm³/mol. The maximum Gasteiger partial charge on any atom is 0.246 e. The molecule has 0 bridgehead atoms. The highest BCUT2D eigenvalue weighted by Crippen LogP contribution is 2.29. The number of hydrogen-bond donors (Lipinski definition) is 1. The molecule has 6 nitrogen and oxygen atoms in total. The van der Waals surface area contributed by atoms with E-state index in [0.717, 1.165) is 0 Å².